The molecule has 0 atom stereocenters. The van der Waals surface area contributed by atoms with E-state index in [1.165, 1.54) is 25.7 Å². The van der Waals surface area contributed by atoms with E-state index in [0.29, 0.717) is 29.6 Å². The third kappa shape index (κ3) is 5.44. The molecule has 1 fully saturated rings. The molecule has 0 bridgehead atoms. The second-order valence-corrected chi connectivity index (χ2v) is 5.91. The summed E-state index contributed by atoms with van der Waals surface area (Å²) in [5, 5.41) is 2.83. The summed E-state index contributed by atoms with van der Waals surface area (Å²) in [5.41, 5.74) is 7.03. The number of anilines is 1. The highest BCUT2D eigenvalue weighted by Gasteiger charge is 2.14. The standard InChI is InChI=1S/C16H22N2O2S/c17-16(21)13-6-3-7-14(10-13)18-15(19)8-9-20-11-12-4-1-2-5-12/h3,6-7,10,12H,1-2,4-5,8-9,11H2,(H2,17,21)(H,18,19). The lowest BCUT2D eigenvalue weighted by Gasteiger charge is -2.10. The molecule has 3 N–H and O–H groups in total. The van der Waals surface area contributed by atoms with Crippen molar-refractivity contribution in [2.45, 2.75) is 32.1 Å². The molecule has 0 radical (unpaired) electrons. The predicted octanol–water partition coefficient (Wildman–Crippen LogP) is 2.86. The number of hydrogen-bond acceptors (Lipinski definition) is 3. The van der Waals surface area contributed by atoms with Gasteiger partial charge in [-0.15, -0.1) is 0 Å². The van der Waals surface area contributed by atoms with Crippen LogP contribution in [0.5, 0.6) is 0 Å². The fourth-order valence-corrected chi connectivity index (χ4v) is 2.69. The summed E-state index contributed by atoms with van der Waals surface area (Å²) >= 11 is 4.92. The van der Waals surface area contributed by atoms with Crippen molar-refractivity contribution in [2.24, 2.45) is 11.7 Å². The van der Waals surface area contributed by atoms with Gasteiger partial charge in [-0.1, -0.05) is 37.2 Å². The molecular formula is C16H22N2O2S. The van der Waals surface area contributed by atoms with E-state index in [9.17, 15) is 4.79 Å². The number of ether oxygens (including phenoxy) is 1. The van der Waals surface area contributed by atoms with Gasteiger partial charge in [0.15, 0.2) is 0 Å². The Bertz CT molecular complexity index is 499. The summed E-state index contributed by atoms with van der Waals surface area (Å²) in [7, 11) is 0. The van der Waals surface area contributed by atoms with Crippen molar-refractivity contribution in [2.75, 3.05) is 18.5 Å². The number of thiocarbonyl (C=S) groups is 1. The first kappa shape index (κ1) is 15.9. The molecule has 0 aliphatic heterocycles. The van der Waals surface area contributed by atoms with Crippen LogP contribution in [0.4, 0.5) is 5.69 Å². The van der Waals surface area contributed by atoms with Gasteiger partial charge in [0, 0.05) is 17.9 Å². The number of amides is 1. The summed E-state index contributed by atoms with van der Waals surface area (Å²) in [6.07, 6.45) is 5.52. The lowest BCUT2D eigenvalue weighted by Crippen LogP contribution is -2.16. The Morgan fingerprint density at radius 2 is 2.14 bits per heavy atom. The molecule has 2 rings (SSSR count). The molecule has 1 aliphatic carbocycles. The Morgan fingerprint density at radius 3 is 2.86 bits per heavy atom. The van der Waals surface area contributed by atoms with Crippen LogP contribution in [0, 0.1) is 5.92 Å². The van der Waals surface area contributed by atoms with Crippen LogP contribution in [0.3, 0.4) is 0 Å². The number of rotatable bonds is 7. The lowest BCUT2D eigenvalue weighted by molar-refractivity contribution is -0.117. The van der Waals surface area contributed by atoms with Crippen molar-refractivity contribution >= 4 is 28.8 Å². The summed E-state index contributed by atoms with van der Waals surface area (Å²) in [5.74, 6) is 0.636. The first-order valence-corrected chi connectivity index (χ1v) is 7.83. The molecule has 1 aliphatic rings. The monoisotopic (exact) mass is 306 g/mol. The fraction of sp³-hybridized carbons (Fsp3) is 0.500. The van der Waals surface area contributed by atoms with E-state index in [1.807, 2.05) is 18.2 Å². The van der Waals surface area contributed by atoms with Gasteiger partial charge in [-0.3, -0.25) is 4.79 Å². The summed E-state index contributed by atoms with van der Waals surface area (Å²) in [4.78, 5) is 12.2. The molecule has 1 aromatic rings. The Labute approximate surface area is 131 Å². The second-order valence-electron chi connectivity index (χ2n) is 5.47. The highest BCUT2D eigenvalue weighted by Crippen LogP contribution is 2.24. The Morgan fingerprint density at radius 1 is 1.38 bits per heavy atom. The van der Waals surface area contributed by atoms with Crippen LogP contribution >= 0.6 is 12.2 Å². The van der Waals surface area contributed by atoms with Crippen LogP contribution in [0.15, 0.2) is 24.3 Å². The van der Waals surface area contributed by atoms with Gasteiger partial charge in [-0.25, -0.2) is 0 Å². The van der Waals surface area contributed by atoms with Crippen molar-refractivity contribution in [3.05, 3.63) is 29.8 Å². The average Bonchev–Trinajstić information content (AvgIpc) is 2.97. The number of nitrogens with one attached hydrogen (secondary N) is 1. The molecule has 0 heterocycles. The normalized spacial score (nSPS) is 15.0. The molecule has 0 aromatic heterocycles. The van der Waals surface area contributed by atoms with Crippen molar-refractivity contribution in [3.63, 3.8) is 0 Å². The molecular weight excluding hydrogens is 284 g/mol. The number of carbonyl (C=O) groups is 1. The maximum absolute atomic E-state index is 11.8. The van der Waals surface area contributed by atoms with E-state index in [1.54, 1.807) is 6.07 Å². The van der Waals surface area contributed by atoms with Gasteiger partial charge >= 0.3 is 0 Å². The second kappa shape index (κ2) is 8.10. The molecule has 0 spiro atoms. The summed E-state index contributed by atoms with van der Waals surface area (Å²) < 4.78 is 5.59. The minimum absolute atomic E-state index is 0.0542. The van der Waals surface area contributed by atoms with E-state index >= 15 is 0 Å². The van der Waals surface area contributed by atoms with E-state index in [2.05, 4.69) is 5.32 Å². The van der Waals surface area contributed by atoms with E-state index in [4.69, 9.17) is 22.7 Å². The topological polar surface area (TPSA) is 64.3 Å². The van der Waals surface area contributed by atoms with Crippen molar-refractivity contribution in [1.29, 1.82) is 0 Å². The van der Waals surface area contributed by atoms with Gasteiger partial charge in [0.2, 0.25) is 5.91 Å². The van der Waals surface area contributed by atoms with Gasteiger partial charge in [0.1, 0.15) is 4.99 Å². The molecule has 5 heteroatoms. The highest BCUT2D eigenvalue weighted by molar-refractivity contribution is 7.80. The maximum Gasteiger partial charge on any atom is 0.226 e. The molecule has 114 valence electrons. The Kier molecular flexibility index (Phi) is 6.14. The largest absolute Gasteiger partial charge is 0.389 e. The van der Waals surface area contributed by atoms with Crippen LogP contribution in [-0.4, -0.2) is 24.1 Å². The third-order valence-electron chi connectivity index (χ3n) is 3.73. The summed E-state index contributed by atoms with van der Waals surface area (Å²) in [6, 6.07) is 7.24. The molecule has 1 saturated carbocycles. The van der Waals surface area contributed by atoms with E-state index in [0.717, 1.165) is 12.2 Å². The van der Waals surface area contributed by atoms with Crippen LogP contribution in [0.25, 0.3) is 0 Å². The molecule has 21 heavy (non-hydrogen) atoms. The van der Waals surface area contributed by atoms with Crippen molar-refractivity contribution < 1.29 is 9.53 Å². The maximum atomic E-state index is 11.8. The minimum Gasteiger partial charge on any atom is -0.389 e. The van der Waals surface area contributed by atoms with Crippen LogP contribution in [0.1, 0.15) is 37.7 Å². The van der Waals surface area contributed by atoms with Crippen LogP contribution < -0.4 is 11.1 Å². The number of hydrogen-bond donors (Lipinski definition) is 2. The quantitative estimate of drug-likeness (QED) is 0.600. The smallest absolute Gasteiger partial charge is 0.226 e. The highest BCUT2D eigenvalue weighted by atomic mass is 32.1. The summed E-state index contributed by atoms with van der Waals surface area (Å²) in [6.45, 7) is 1.25. The molecule has 1 amide bonds. The zero-order valence-corrected chi connectivity index (χ0v) is 13.0. The van der Waals surface area contributed by atoms with Crippen LogP contribution in [0.2, 0.25) is 0 Å². The third-order valence-corrected chi connectivity index (χ3v) is 3.97. The van der Waals surface area contributed by atoms with Gasteiger partial charge in [-0.05, 0) is 30.9 Å². The number of nitrogens with two attached hydrogens (primary N) is 1. The first-order chi connectivity index (χ1) is 10.1. The Balaban J connectivity index is 1.69. The number of carbonyl (C=O) groups excluding carboxylic acids is 1. The SMILES string of the molecule is NC(=S)c1cccc(NC(=O)CCOCC2CCCC2)c1. The van der Waals surface area contributed by atoms with Gasteiger partial charge in [0.05, 0.1) is 13.0 Å². The number of benzene rings is 1. The average molecular weight is 306 g/mol. The molecule has 1 aromatic carbocycles. The lowest BCUT2D eigenvalue weighted by atomic mass is 10.1. The fourth-order valence-electron chi connectivity index (χ4n) is 2.57. The van der Waals surface area contributed by atoms with E-state index in [-0.39, 0.29) is 5.91 Å². The first-order valence-electron chi connectivity index (χ1n) is 7.42. The molecule has 0 saturated heterocycles. The van der Waals surface area contributed by atoms with Crippen LogP contribution in [-0.2, 0) is 9.53 Å². The molecule has 0 unspecified atom stereocenters. The van der Waals surface area contributed by atoms with Crippen molar-refractivity contribution in [1.82, 2.24) is 0 Å². The predicted molar refractivity (Wildman–Crippen MR) is 88.4 cm³/mol. The van der Waals surface area contributed by atoms with Gasteiger partial charge in [0.25, 0.3) is 0 Å². The van der Waals surface area contributed by atoms with Gasteiger partial charge in [-0.2, -0.15) is 0 Å². The van der Waals surface area contributed by atoms with Crippen molar-refractivity contribution in [3.8, 4) is 0 Å². The van der Waals surface area contributed by atoms with Gasteiger partial charge < -0.3 is 15.8 Å². The Hall–Kier alpha value is -1.46. The van der Waals surface area contributed by atoms with E-state index < -0.39 is 0 Å². The zero-order chi connectivity index (χ0) is 15.1. The minimum atomic E-state index is -0.0542. The molecule has 4 nitrogen and oxygen atoms in total. The zero-order valence-electron chi connectivity index (χ0n) is 12.1.